The number of benzene rings is 1. The first-order chi connectivity index (χ1) is 13.8. The highest BCUT2D eigenvalue weighted by Gasteiger charge is 2.36. The van der Waals surface area contributed by atoms with E-state index < -0.39 is 22.8 Å². The molecule has 1 aromatic rings. The minimum Gasteiger partial charge on any atom is -0.463 e. The van der Waals surface area contributed by atoms with Crippen LogP contribution in [0.5, 0.6) is 0 Å². The zero-order valence-electron chi connectivity index (χ0n) is 16.6. The third-order valence-electron chi connectivity index (χ3n) is 4.54. The van der Waals surface area contributed by atoms with Crippen LogP contribution in [0.3, 0.4) is 0 Å². The van der Waals surface area contributed by atoms with Crippen LogP contribution in [-0.2, 0) is 14.3 Å². The number of amides is 3. The summed E-state index contributed by atoms with van der Waals surface area (Å²) in [6.07, 6.45) is 1.75. The molecule has 2 rings (SSSR count). The van der Waals surface area contributed by atoms with Gasteiger partial charge in [-0.05, 0) is 38.0 Å². The maximum Gasteiger partial charge on any atom is 0.338 e. The van der Waals surface area contributed by atoms with Crippen molar-refractivity contribution in [1.29, 1.82) is 0 Å². The Kier molecular flexibility index (Phi) is 8.34. The van der Waals surface area contributed by atoms with Crippen molar-refractivity contribution in [3.8, 4) is 0 Å². The van der Waals surface area contributed by atoms with Gasteiger partial charge in [0.25, 0.3) is 5.91 Å². The third-order valence-corrected chi connectivity index (χ3v) is 4.93. The summed E-state index contributed by atoms with van der Waals surface area (Å²) in [5.74, 6) is -1.01. The molecule has 1 unspecified atom stereocenters. The molecule has 158 valence electrons. The van der Waals surface area contributed by atoms with Crippen LogP contribution in [0.1, 0.15) is 45.2 Å². The van der Waals surface area contributed by atoms with E-state index in [9.17, 15) is 14.4 Å². The zero-order valence-corrected chi connectivity index (χ0v) is 18.1. The number of ether oxygens (including phenoxy) is 1. The van der Waals surface area contributed by atoms with E-state index >= 15 is 0 Å². The topological polar surface area (TPSA) is 87.7 Å². The predicted octanol–water partition coefficient (Wildman–Crippen LogP) is 4.13. The number of alkyl halides is 2. The zero-order chi connectivity index (χ0) is 21.6. The van der Waals surface area contributed by atoms with Crippen LogP contribution < -0.4 is 10.6 Å². The Labute approximate surface area is 180 Å². The normalized spacial score (nSPS) is 16.7. The van der Waals surface area contributed by atoms with E-state index in [1.54, 1.807) is 43.0 Å². The van der Waals surface area contributed by atoms with Crippen LogP contribution in [0.2, 0.25) is 0 Å². The second-order valence-corrected chi connectivity index (χ2v) is 7.62. The van der Waals surface area contributed by atoms with Gasteiger partial charge in [-0.15, -0.1) is 0 Å². The number of anilines is 1. The van der Waals surface area contributed by atoms with Gasteiger partial charge in [0.05, 0.1) is 18.2 Å². The minimum atomic E-state index is -1.18. The molecule has 1 aromatic carbocycles. The first-order valence-electron chi connectivity index (χ1n) is 9.45. The molecule has 0 aliphatic carbocycles. The van der Waals surface area contributed by atoms with Crippen molar-refractivity contribution in [1.82, 2.24) is 10.2 Å². The molecule has 2 N–H and O–H groups in total. The lowest BCUT2D eigenvalue weighted by atomic mass is 9.94. The molecular formula is C20H25Cl2N3O4. The number of hydrogen-bond acceptors (Lipinski definition) is 4. The summed E-state index contributed by atoms with van der Waals surface area (Å²) in [5, 5.41) is 5.46. The number of carbonyl (C=O) groups is 3. The SMILES string of the molecule is CCCCN1C(=O)NC(c2ccc(NC(=O)C(Cl)Cl)cc2)C(C(=O)OCC)=C1C. The molecule has 3 amide bonds. The maximum atomic E-state index is 12.7. The monoisotopic (exact) mass is 441 g/mol. The fourth-order valence-corrected chi connectivity index (χ4v) is 3.15. The number of nitrogens with zero attached hydrogens (tertiary/aromatic N) is 1. The Morgan fingerprint density at radius 2 is 1.90 bits per heavy atom. The van der Waals surface area contributed by atoms with E-state index in [0.717, 1.165) is 12.8 Å². The van der Waals surface area contributed by atoms with Crippen molar-refractivity contribution in [3.05, 3.63) is 41.1 Å². The van der Waals surface area contributed by atoms with Crippen LogP contribution in [-0.4, -0.2) is 40.8 Å². The molecule has 0 bridgehead atoms. The van der Waals surface area contributed by atoms with Crippen molar-refractivity contribution < 1.29 is 19.1 Å². The van der Waals surface area contributed by atoms with Crippen LogP contribution >= 0.6 is 23.2 Å². The van der Waals surface area contributed by atoms with Crippen LogP contribution in [0.15, 0.2) is 35.5 Å². The molecule has 1 atom stereocenters. The quantitative estimate of drug-likeness (QED) is 0.468. The van der Waals surface area contributed by atoms with Gasteiger partial charge < -0.3 is 15.4 Å². The largest absolute Gasteiger partial charge is 0.463 e. The van der Waals surface area contributed by atoms with E-state index in [-0.39, 0.29) is 12.6 Å². The number of halogens is 2. The number of allylic oxidation sites excluding steroid dienone is 1. The lowest BCUT2D eigenvalue weighted by Gasteiger charge is -2.35. The van der Waals surface area contributed by atoms with Gasteiger partial charge in [-0.1, -0.05) is 48.7 Å². The van der Waals surface area contributed by atoms with Crippen molar-refractivity contribution in [3.63, 3.8) is 0 Å². The number of unbranched alkanes of at least 4 members (excludes halogenated alkanes) is 1. The molecule has 0 saturated carbocycles. The van der Waals surface area contributed by atoms with E-state index in [1.165, 1.54) is 0 Å². The Balaban J connectivity index is 2.36. The number of carbonyl (C=O) groups excluding carboxylic acids is 3. The second-order valence-electron chi connectivity index (χ2n) is 6.52. The summed E-state index contributed by atoms with van der Waals surface area (Å²) in [7, 11) is 0. The summed E-state index contributed by atoms with van der Waals surface area (Å²) >= 11 is 11.1. The smallest absolute Gasteiger partial charge is 0.338 e. The number of hydrogen-bond donors (Lipinski definition) is 2. The molecule has 1 aliphatic heterocycles. The summed E-state index contributed by atoms with van der Waals surface area (Å²) in [4.78, 5) is 37.3. The molecule has 0 aromatic heterocycles. The number of rotatable bonds is 8. The third kappa shape index (κ3) is 5.64. The van der Waals surface area contributed by atoms with Gasteiger partial charge in [-0.2, -0.15) is 0 Å². The van der Waals surface area contributed by atoms with E-state index in [4.69, 9.17) is 27.9 Å². The Hall–Kier alpha value is -2.25. The van der Waals surface area contributed by atoms with E-state index in [2.05, 4.69) is 10.6 Å². The fourth-order valence-electron chi connectivity index (χ4n) is 3.05. The van der Waals surface area contributed by atoms with Crippen LogP contribution in [0, 0.1) is 0 Å². The minimum absolute atomic E-state index is 0.230. The van der Waals surface area contributed by atoms with Gasteiger partial charge in [-0.3, -0.25) is 9.69 Å². The molecule has 0 saturated heterocycles. The van der Waals surface area contributed by atoms with Crippen LogP contribution in [0.4, 0.5) is 10.5 Å². The van der Waals surface area contributed by atoms with Gasteiger partial charge >= 0.3 is 12.0 Å². The van der Waals surface area contributed by atoms with Crippen molar-refractivity contribution >= 4 is 46.8 Å². The molecule has 0 radical (unpaired) electrons. The van der Waals surface area contributed by atoms with Crippen LogP contribution in [0.25, 0.3) is 0 Å². The number of esters is 1. The lowest BCUT2D eigenvalue weighted by molar-refractivity contribution is -0.139. The molecule has 7 nitrogen and oxygen atoms in total. The Morgan fingerprint density at radius 3 is 2.45 bits per heavy atom. The first kappa shape index (κ1) is 23.0. The molecule has 0 spiro atoms. The van der Waals surface area contributed by atoms with Gasteiger partial charge in [0.1, 0.15) is 0 Å². The molecule has 1 heterocycles. The average molecular weight is 442 g/mol. The van der Waals surface area contributed by atoms with E-state index in [1.807, 2.05) is 6.92 Å². The first-order valence-corrected chi connectivity index (χ1v) is 10.3. The molecule has 9 heteroatoms. The number of urea groups is 1. The number of nitrogens with one attached hydrogen (secondary N) is 2. The molecule has 29 heavy (non-hydrogen) atoms. The highest BCUT2D eigenvalue weighted by Crippen LogP contribution is 2.32. The van der Waals surface area contributed by atoms with Gasteiger partial charge in [-0.25, -0.2) is 9.59 Å². The standard InChI is InChI=1S/C20H25Cl2N3O4/c1-4-6-11-25-12(3)15(19(27)29-5-2)16(24-20(25)28)13-7-9-14(10-8-13)23-18(26)17(21)22/h7-10,16-17H,4-6,11H2,1-3H3,(H,23,26)(H,24,28). The van der Waals surface area contributed by atoms with Crippen molar-refractivity contribution in [2.75, 3.05) is 18.5 Å². The summed E-state index contributed by atoms with van der Waals surface area (Å²) in [6, 6.07) is 5.81. The average Bonchev–Trinajstić information content (AvgIpc) is 2.68. The maximum absolute atomic E-state index is 12.7. The summed E-state index contributed by atoms with van der Waals surface area (Å²) in [5.41, 5.74) is 2.15. The summed E-state index contributed by atoms with van der Waals surface area (Å²) < 4.78 is 5.23. The van der Waals surface area contributed by atoms with Crippen molar-refractivity contribution in [2.24, 2.45) is 0 Å². The highest BCUT2D eigenvalue weighted by atomic mass is 35.5. The Morgan fingerprint density at radius 1 is 1.24 bits per heavy atom. The molecule has 0 fully saturated rings. The van der Waals surface area contributed by atoms with E-state index in [0.29, 0.717) is 29.1 Å². The second kappa shape index (κ2) is 10.5. The fraction of sp³-hybridized carbons (Fsp3) is 0.450. The van der Waals surface area contributed by atoms with Gasteiger partial charge in [0, 0.05) is 17.9 Å². The summed E-state index contributed by atoms with van der Waals surface area (Å²) in [6.45, 7) is 6.27. The predicted molar refractivity (Wildman–Crippen MR) is 113 cm³/mol. The van der Waals surface area contributed by atoms with Gasteiger partial charge in [0.15, 0.2) is 4.84 Å². The Bertz CT molecular complexity index is 793. The highest BCUT2D eigenvalue weighted by molar-refractivity contribution is 6.54. The molecular weight excluding hydrogens is 417 g/mol. The lowest BCUT2D eigenvalue weighted by Crippen LogP contribution is -2.48. The van der Waals surface area contributed by atoms with Crippen molar-refractivity contribution in [2.45, 2.75) is 44.5 Å². The molecule has 1 aliphatic rings. The van der Waals surface area contributed by atoms with Gasteiger partial charge in [0.2, 0.25) is 0 Å².